The fraction of sp³-hybridized carbons (Fsp3) is 0.192. The zero-order chi connectivity index (χ0) is 21.8. The number of nitrogens with zero attached hydrogens (tertiary/aromatic N) is 3. The number of carbonyl (C=O) groups is 1. The van der Waals surface area contributed by atoms with Crippen LogP contribution in [0.2, 0.25) is 0 Å². The Morgan fingerprint density at radius 1 is 1.06 bits per heavy atom. The first-order valence-corrected chi connectivity index (χ1v) is 10.8. The molecule has 158 valence electrons. The molecule has 1 N–H and O–H groups in total. The van der Waals surface area contributed by atoms with Crippen LogP contribution in [0.25, 0.3) is 32.9 Å². The maximum absolute atomic E-state index is 13.0. The molecule has 2 aromatic heterocycles. The second-order valence-electron chi connectivity index (χ2n) is 8.37. The number of H-pyrrole nitrogens is 1. The minimum Gasteiger partial charge on any atom is -0.361 e. The Morgan fingerprint density at radius 2 is 1.91 bits per heavy atom. The average molecular weight is 422 g/mol. The number of amides is 1. The molecule has 1 aliphatic rings. The maximum atomic E-state index is 13.0. The highest BCUT2D eigenvalue weighted by atomic mass is 16.5. The van der Waals surface area contributed by atoms with Gasteiger partial charge in [-0.15, -0.1) is 0 Å². The third-order valence-corrected chi connectivity index (χ3v) is 6.38. The number of benzene rings is 3. The normalized spacial score (nSPS) is 16.5. The lowest BCUT2D eigenvalue weighted by Gasteiger charge is -2.25. The number of aromatic amines is 1. The van der Waals surface area contributed by atoms with E-state index >= 15 is 0 Å². The van der Waals surface area contributed by atoms with Crippen LogP contribution in [0.4, 0.5) is 5.69 Å². The van der Waals surface area contributed by atoms with Gasteiger partial charge in [0, 0.05) is 17.4 Å². The topological polar surface area (TPSA) is 75.0 Å². The van der Waals surface area contributed by atoms with Crippen molar-refractivity contribution >= 4 is 33.4 Å². The third kappa shape index (κ3) is 2.83. The van der Waals surface area contributed by atoms with Gasteiger partial charge < -0.3 is 14.4 Å². The zero-order valence-electron chi connectivity index (χ0n) is 17.9. The van der Waals surface area contributed by atoms with Crippen LogP contribution in [0.15, 0.2) is 65.2 Å². The molecule has 0 radical (unpaired) electrons. The highest BCUT2D eigenvalue weighted by Crippen LogP contribution is 2.40. The second-order valence-corrected chi connectivity index (χ2v) is 8.37. The standard InChI is InChI=1S/C26H22N4O2/c1-15-25(16(2)32-29-15)18-10-11-20-21(14-18)28-26(27-20)23-12-13-24(31)30(23)22-9-5-7-17-6-3-4-8-19(17)22/h3-11,14,23H,12-13H2,1-2H3,(H,27,28)/t23-/m0/s1. The summed E-state index contributed by atoms with van der Waals surface area (Å²) in [6.45, 7) is 3.87. The number of anilines is 1. The number of rotatable bonds is 3. The molecule has 0 bridgehead atoms. The number of imidazole rings is 1. The summed E-state index contributed by atoms with van der Waals surface area (Å²) < 4.78 is 5.34. The summed E-state index contributed by atoms with van der Waals surface area (Å²) in [6.07, 6.45) is 1.24. The van der Waals surface area contributed by atoms with Gasteiger partial charge in [-0.25, -0.2) is 4.98 Å². The average Bonchev–Trinajstić information content (AvgIpc) is 3.49. The highest BCUT2D eigenvalue weighted by Gasteiger charge is 2.36. The maximum Gasteiger partial charge on any atom is 0.227 e. The van der Waals surface area contributed by atoms with Gasteiger partial charge in [0.1, 0.15) is 11.6 Å². The first kappa shape index (κ1) is 18.8. The monoisotopic (exact) mass is 422 g/mol. The molecule has 1 amide bonds. The molecule has 6 rings (SSSR count). The summed E-state index contributed by atoms with van der Waals surface area (Å²) in [5, 5.41) is 6.27. The lowest BCUT2D eigenvalue weighted by molar-refractivity contribution is -0.117. The van der Waals surface area contributed by atoms with Crippen molar-refractivity contribution in [2.45, 2.75) is 32.7 Å². The largest absolute Gasteiger partial charge is 0.361 e. The third-order valence-electron chi connectivity index (χ3n) is 6.38. The second kappa shape index (κ2) is 7.05. The Balaban J connectivity index is 1.44. The molecular weight excluding hydrogens is 400 g/mol. The highest BCUT2D eigenvalue weighted by molar-refractivity contribution is 6.05. The van der Waals surface area contributed by atoms with Gasteiger partial charge in [-0.1, -0.05) is 47.6 Å². The molecule has 6 nitrogen and oxygen atoms in total. The van der Waals surface area contributed by atoms with E-state index in [9.17, 15) is 4.79 Å². The molecule has 0 aliphatic carbocycles. The van der Waals surface area contributed by atoms with Crippen LogP contribution in [-0.2, 0) is 4.79 Å². The molecule has 1 fully saturated rings. The minimum atomic E-state index is -0.122. The zero-order valence-corrected chi connectivity index (χ0v) is 17.9. The van der Waals surface area contributed by atoms with Gasteiger partial charge >= 0.3 is 0 Å². The van der Waals surface area contributed by atoms with E-state index in [1.54, 1.807) is 0 Å². The summed E-state index contributed by atoms with van der Waals surface area (Å²) >= 11 is 0. The van der Waals surface area contributed by atoms with Crippen LogP contribution < -0.4 is 4.90 Å². The quantitative estimate of drug-likeness (QED) is 0.395. The van der Waals surface area contributed by atoms with E-state index < -0.39 is 0 Å². The van der Waals surface area contributed by atoms with Crippen molar-refractivity contribution in [3.8, 4) is 11.1 Å². The molecule has 0 unspecified atom stereocenters. The molecule has 1 saturated heterocycles. The van der Waals surface area contributed by atoms with Crippen molar-refractivity contribution in [3.05, 3.63) is 77.9 Å². The molecule has 1 aliphatic heterocycles. The predicted octanol–water partition coefficient (Wildman–Crippen LogP) is 5.86. The first-order chi connectivity index (χ1) is 15.6. The van der Waals surface area contributed by atoms with E-state index in [4.69, 9.17) is 9.51 Å². The van der Waals surface area contributed by atoms with E-state index in [1.807, 2.05) is 55.1 Å². The van der Waals surface area contributed by atoms with Crippen LogP contribution in [0.5, 0.6) is 0 Å². The molecule has 3 aromatic carbocycles. The van der Waals surface area contributed by atoms with Crippen molar-refractivity contribution in [1.82, 2.24) is 15.1 Å². The molecule has 6 heteroatoms. The van der Waals surface area contributed by atoms with Gasteiger partial charge in [0.2, 0.25) is 5.91 Å². The Hall–Kier alpha value is -3.93. The molecule has 0 spiro atoms. The smallest absolute Gasteiger partial charge is 0.227 e. The van der Waals surface area contributed by atoms with E-state index in [1.165, 1.54) is 0 Å². The number of nitrogens with one attached hydrogen (secondary N) is 1. The summed E-state index contributed by atoms with van der Waals surface area (Å²) in [5.41, 5.74) is 5.67. The van der Waals surface area contributed by atoms with Gasteiger partial charge in [-0.3, -0.25) is 4.79 Å². The lowest BCUT2D eigenvalue weighted by Crippen LogP contribution is -2.28. The number of aromatic nitrogens is 3. The van der Waals surface area contributed by atoms with Crippen LogP contribution >= 0.6 is 0 Å². The fourth-order valence-corrected chi connectivity index (χ4v) is 4.90. The van der Waals surface area contributed by atoms with E-state index in [-0.39, 0.29) is 11.9 Å². The van der Waals surface area contributed by atoms with Crippen LogP contribution in [0.3, 0.4) is 0 Å². The Labute approximate surface area is 184 Å². The van der Waals surface area contributed by atoms with Gasteiger partial charge in [-0.05, 0) is 49.4 Å². The Kier molecular flexibility index (Phi) is 4.15. The predicted molar refractivity (Wildman–Crippen MR) is 124 cm³/mol. The number of fused-ring (bicyclic) bond motifs is 2. The van der Waals surface area contributed by atoms with Crippen LogP contribution in [0, 0.1) is 13.8 Å². The first-order valence-electron chi connectivity index (χ1n) is 10.8. The van der Waals surface area contributed by atoms with Gasteiger partial charge in [-0.2, -0.15) is 0 Å². The number of carbonyl (C=O) groups excluding carboxylic acids is 1. The van der Waals surface area contributed by atoms with Crippen molar-refractivity contribution in [2.75, 3.05) is 4.90 Å². The van der Waals surface area contributed by atoms with Gasteiger partial charge in [0.15, 0.2) is 0 Å². The SMILES string of the molecule is Cc1noc(C)c1-c1ccc2nc([C@@H]3CCC(=O)N3c3cccc4ccccc34)[nH]c2c1. The summed E-state index contributed by atoms with van der Waals surface area (Å²) in [6, 6.07) is 20.3. The molecule has 1 atom stereocenters. The molecule has 5 aromatic rings. The molecule has 0 saturated carbocycles. The number of hydrogen-bond donors (Lipinski definition) is 1. The Morgan fingerprint density at radius 3 is 2.75 bits per heavy atom. The Bertz CT molecular complexity index is 1470. The molecule has 32 heavy (non-hydrogen) atoms. The fourth-order valence-electron chi connectivity index (χ4n) is 4.90. The van der Waals surface area contributed by atoms with Gasteiger partial charge in [0.25, 0.3) is 0 Å². The van der Waals surface area contributed by atoms with Gasteiger partial charge in [0.05, 0.1) is 28.5 Å². The molecule has 3 heterocycles. The van der Waals surface area contributed by atoms with Crippen molar-refractivity contribution in [2.24, 2.45) is 0 Å². The van der Waals surface area contributed by atoms with E-state index in [0.29, 0.717) is 6.42 Å². The minimum absolute atomic E-state index is 0.122. The molecular formula is C26H22N4O2. The lowest BCUT2D eigenvalue weighted by atomic mass is 10.0. The van der Waals surface area contributed by atoms with E-state index in [0.717, 1.165) is 62.3 Å². The summed E-state index contributed by atoms with van der Waals surface area (Å²) in [5.74, 6) is 1.74. The van der Waals surface area contributed by atoms with Crippen molar-refractivity contribution in [3.63, 3.8) is 0 Å². The van der Waals surface area contributed by atoms with Crippen molar-refractivity contribution < 1.29 is 9.32 Å². The summed E-state index contributed by atoms with van der Waals surface area (Å²) in [4.78, 5) is 23.2. The van der Waals surface area contributed by atoms with Crippen LogP contribution in [-0.4, -0.2) is 21.0 Å². The van der Waals surface area contributed by atoms with Crippen LogP contribution in [0.1, 0.15) is 36.2 Å². The summed E-state index contributed by atoms with van der Waals surface area (Å²) in [7, 11) is 0. The number of aryl methyl sites for hydroxylation is 2. The van der Waals surface area contributed by atoms with Crippen molar-refractivity contribution in [1.29, 1.82) is 0 Å². The van der Waals surface area contributed by atoms with E-state index in [2.05, 4.69) is 34.4 Å². The number of hydrogen-bond acceptors (Lipinski definition) is 4.